The average molecular weight is 343 g/mol. The van der Waals surface area contributed by atoms with Crippen molar-refractivity contribution in [2.24, 2.45) is 0 Å². The number of hydrogen-bond acceptors (Lipinski definition) is 6. The molecule has 2 rings (SSSR count). The molecule has 23 heavy (non-hydrogen) atoms. The zero-order valence-corrected chi connectivity index (χ0v) is 14.8. The molecule has 0 aromatic carbocycles. The fraction of sp³-hybridized carbons (Fsp3) is 0.667. The molecule has 1 aromatic rings. The molecule has 128 valence electrons. The molecule has 1 aliphatic heterocycles. The van der Waals surface area contributed by atoms with E-state index in [9.17, 15) is 4.79 Å². The van der Waals surface area contributed by atoms with Crippen LogP contribution in [0.2, 0.25) is 5.28 Å². The van der Waals surface area contributed by atoms with Gasteiger partial charge in [0, 0.05) is 27.3 Å². The van der Waals surface area contributed by atoms with Crippen LogP contribution in [0.5, 0.6) is 0 Å². The molecule has 0 N–H and O–H groups in total. The van der Waals surface area contributed by atoms with Crippen molar-refractivity contribution in [2.45, 2.75) is 26.4 Å². The summed E-state index contributed by atoms with van der Waals surface area (Å²) in [5.74, 6) is 0.680. The molecule has 0 spiro atoms. The largest absolute Gasteiger partial charge is 0.383 e. The summed E-state index contributed by atoms with van der Waals surface area (Å²) in [5.41, 5.74) is 1.49. The van der Waals surface area contributed by atoms with Crippen molar-refractivity contribution < 1.29 is 14.3 Å². The number of rotatable bonds is 7. The van der Waals surface area contributed by atoms with Gasteiger partial charge in [-0.2, -0.15) is 4.98 Å². The maximum absolute atomic E-state index is 12.6. The maximum atomic E-state index is 12.6. The summed E-state index contributed by atoms with van der Waals surface area (Å²) < 4.78 is 10.4. The number of carbonyl (C=O) groups is 1. The van der Waals surface area contributed by atoms with Crippen molar-refractivity contribution in [3.63, 3.8) is 0 Å². The van der Waals surface area contributed by atoms with E-state index >= 15 is 0 Å². The lowest BCUT2D eigenvalue weighted by atomic mass is 10.1. The summed E-state index contributed by atoms with van der Waals surface area (Å²) in [6, 6.07) is 0. The van der Waals surface area contributed by atoms with E-state index in [4.69, 9.17) is 21.1 Å². The highest BCUT2D eigenvalue weighted by Gasteiger charge is 2.33. The van der Waals surface area contributed by atoms with Crippen LogP contribution < -0.4 is 9.80 Å². The van der Waals surface area contributed by atoms with Crippen LogP contribution >= 0.6 is 11.6 Å². The number of methoxy groups -OCH3 is 2. The predicted molar refractivity (Wildman–Crippen MR) is 89.3 cm³/mol. The van der Waals surface area contributed by atoms with Gasteiger partial charge in [0.1, 0.15) is 5.69 Å². The minimum atomic E-state index is -0.0278. The Morgan fingerprint density at radius 2 is 2.09 bits per heavy atom. The van der Waals surface area contributed by atoms with Gasteiger partial charge in [-0.05, 0) is 24.9 Å². The molecular weight excluding hydrogens is 320 g/mol. The van der Waals surface area contributed by atoms with E-state index in [0.717, 1.165) is 11.4 Å². The predicted octanol–water partition coefficient (Wildman–Crippen LogP) is 1.53. The van der Waals surface area contributed by atoms with Gasteiger partial charge in [-0.15, -0.1) is 0 Å². The third-order valence-electron chi connectivity index (χ3n) is 3.84. The zero-order valence-electron chi connectivity index (χ0n) is 14.0. The Balaban J connectivity index is 2.47. The van der Waals surface area contributed by atoms with Crippen molar-refractivity contribution in [1.82, 2.24) is 9.97 Å². The molecule has 0 saturated carbocycles. The Labute approximate surface area is 141 Å². The second-order valence-electron chi connectivity index (χ2n) is 5.43. The molecule has 1 atom stereocenters. The molecule has 0 radical (unpaired) electrons. The van der Waals surface area contributed by atoms with E-state index in [0.29, 0.717) is 31.9 Å². The lowest BCUT2D eigenvalue weighted by Gasteiger charge is -2.37. The molecule has 7 nitrogen and oxygen atoms in total. The summed E-state index contributed by atoms with van der Waals surface area (Å²) in [6.45, 7) is 5.64. The minimum Gasteiger partial charge on any atom is -0.383 e. The highest BCUT2D eigenvalue weighted by atomic mass is 35.5. The first kappa shape index (κ1) is 17.9. The normalized spacial score (nSPS) is 15.8. The number of hydrogen-bond donors (Lipinski definition) is 0. The summed E-state index contributed by atoms with van der Waals surface area (Å²) in [6.07, 6.45) is 0.634. The van der Waals surface area contributed by atoms with E-state index in [1.54, 1.807) is 19.1 Å². The Morgan fingerprint density at radius 1 is 1.35 bits per heavy atom. The van der Waals surface area contributed by atoms with E-state index in [2.05, 4.69) is 9.97 Å². The molecule has 1 aliphatic rings. The smallest absolute Gasteiger partial charge is 0.246 e. The van der Waals surface area contributed by atoms with Gasteiger partial charge in [-0.1, -0.05) is 6.92 Å². The van der Waals surface area contributed by atoms with Crippen LogP contribution in [0.25, 0.3) is 0 Å². The molecular formula is C15H23ClN4O3. The summed E-state index contributed by atoms with van der Waals surface area (Å²) in [4.78, 5) is 24.9. The number of ether oxygens (including phenoxy) is 2. The van der Waals surface area contributed by atoms with Gasteiger partial charge in [0.25, 0.3) is 0 Å². The number of fused-ring (bicyclic) bond motifs is 1. The van der Waals surface area contributed by atoms with Crippen LogP contribution in [0.1, 0.15) is 19.5 Å². The molecule has 1 amide bonds. The van der Waals surface area contributed by atoms with Crippen LogP contribution in [0, 0.1) is 0 Å². The Bertz CT molecular complexity index is 570. The lowest BCUT2D eigenvalue weighted by Crippen LogP contribution is -2.50. The van der Waals surface area contributed by atoms with Crippen LogP contribution in [-0.4, -0.2) is 62.4 Å². The first-order valence-electron chi connectivity index (χ1n) is 7.65. The highest BCUT2D eigenvalue weighted by Crippen LogP contribution is 2.35. The van der Waals surface area contributed by atoms with Gasteiger partial charge in [0.05, 0.1) is 24.9 Å². The number of anilines is 2. The summed E-state index contributed by atoms with van der Waals surface area (Å²) >= 11 is 6.08. The van der Waals surface area contributed by atoms with Crippen molar-refractivity contribution in [1.29, 1.82) is 0 Å². The van der Waals surface area contributed by atoms with Gasteiger partial charge in [-0.3, -0.25) is 4.79 Å². The average Bonchev–Trinajstić information content (AvgIpc) is 2.53. The first-order chi connectivity index (χ1) is 11.0. The van der Waals surface area contributed by atoms with Gasteiger partial charge in [0.15, 0.2) is 5.82 Å². The van der Waals surface area contributed by atoms with Gasteiger partial charge in [0.2, 0.25) is 11.2 Å². The van der Waals surface area contributed by atoms with Crippen LogP contribution in [0.4, 0.5) is 11.5 Å². The number of nitrogens with zero attached hydrogens (tertiary/aromatic N) is 4. The topological polar surface area (TPSA) is 67.8 Å². The lowest BCUT2D eigenvalue weighted by molar-refractivity contribution is -0.117. The van der Waals surface area contributed by atoms with E-state index in [1.807, 2.05) is 18.7 Å². The fourth-order valence-electron chi connectivity index (χ4n) is 2.61. The third-order valence-corrected chi connectivity index (χ3v) is 4.01. The van der Waals surface area contributed by atoms with Crippen LogP contribution in [-0.2, 0) is 20.7 Å². The number of aromatic nitrogens is 2. The molecule has 8 heteroatoms. The van der Waals surface area contributed by atoms with E-state index in [1.165, 1.54) is 0 Å². The quantitative estimate of drug-likeness (QED) is 0.700. The van der Waals surface area contributed by atoms with Gasteiger partial charge >= 0.3 is 0 Å². The van der Waals surface area contributed by atoms with Crippen molar-refractivity contribution >= 4 is 29.0 Å². The Hall–Kier alpha value is -1.44. The molecule has 0 aliphatic carbocycles. The minimum absolute atomic E-state index is 0.00141. The monoisotopic (exact) mass is 342 g/mol. The summed E-state index contributed by atoms with van der Waals surface area (Å²) in [5, 5.41) is 0.191. The second-order valence-corrected chi connectivity index (χ2v) is 5.77. The molecule has 1 unspecified atom stereocenters. The Kier molecular flexibility index (Phi) is 6.15. The molecule has 0 fully saturated rings. The van der Waals surface area contributed by atoms with Gasteiger partial charge < -0.3 is 19.3 Å². The van der Waals surface area contributed by atoms with Gasteiger partial charge in [-0.25, -0.2) is 4.98 Å². The molecule has 1 aromatic heterocycles. The number of aryl methyl sites for hydroxylation is 1. The van der Waals surface area contributed by atoms with Crippen molar-refractivity contribution in [3.8, 4) is 0 Å². The number of amides is 1. The van der Waals surface area contributed by atoms with E-state index in [-0.39, 0.29) is 23.8 Å². The standard InChI is InChI=1S/C15H23ClN4O3/c1-5-11-13-14(18-15(16)17-11)19(8-10(2)23-4)9-12(21)20(13)6-7-22-3/h10H,5-9H2,1-4H3. The zero-order chi connectivity index (χ0) is 17.0. The first-order valence-corrected chi connectivity index (χ1v) is 8.03. The number of carbonyl (C=O) groups excluding carboxylic acids is 1. The second kappa shape index (κ2) is 7.90. The van der Waals surface area contributed by atoms with E-state index < -0.39 is 0 Å². The third kappa shape index (κ3) is 3.91. The molecule has 0 saturated heterocycles. The Morgan fingerprint density at radius 3 is 2.70 bits per heavy atom. The van der Waals surface area contributed by atoms with Crippen LogP contribution in [0.3, 0.4) is 0 Å². The maximum Gasteiger partial charge on any atom is 0.246 e. The highest BCUT2D eigenvalue weighted by molar-refractivity contribution is 6.28. The van der Waals surface area contributed by atoms with Crippen LogP contribution in [0.15, 0.2) is 0 Å². The number of halogens is 1. The molecule has 2 heterocycles. The van der Waals surface area contributed by atoms with Crippen molar-refractivity contribution in [2.75, 3.05) is 50.3 Å². The molecule has 0 bridgehead atoms. The SMILES string of the molecule is CCc1nc(Cl)nc2c1N(CCOC)C(=O)CN2CC(C)OC. The summed E-state index contributed by atoms with van der Waals surface area (Å²) in [7, 11) is 3.26. The fourth-order valence-corrected chi connectivity index (χ4v) is 2.79. The van der Waals surface area contributed by atoms with Crippen molar-refractivity contribution in [3.05, 3.63) is 11.0 Å².